The monoisotopic (exact) mass is 324 g/mol. The van der Waals surface area contributed by atoms with Gasteiger partial charge in [-0.05, 0) is 68.7 Å². The standard InChI is InChI=1S/C20H24N2O2/c1-15-6-3-4-13-22(15)18-11-9-17(10-12-18)21-20(23)16-7-5-8-19(14-16)24-2/h5,7-12,14-15H,3-4,6,13H2,1-2H3,(H,21,23)/t15-/m1/s1. The molecular formula is C20H24N2O2. The molecule has 0 radical (unpaired) electrons. The van der Waals surface area contributed by atoms with Crippen LogP contribution in [0.15, 0.2) is 48.5 Å². The van der Waals surface area contributed by atoms with Crippen molar-refractivity contribution in [2.24, 2.45) is 0 Å². The largest absolute Gasteiger partial charge is 0.497 e. The molecule has 1 amide bonds. The summed E-state index contributed by atoms with van der Waals surface area (Å²) in [6, 6.07) is 15.8. The normalized spacial score (nSPS) is 17.4. The zero-order chi connectivity index (χ0) is 16.9. The molecule has 1 fully saturated rings. The Balaban J connectivity index is 1.68. The van der Waals surface area contributed by atoms with Gasteiger partial charge in [-0.15, -0.1) is 0 Å². The van der Waals surface area contributed by atoms with Gasteiger partial charge in [0, 0.05) is 29.5 Å². The van der Waals surface area contributed by atoms with Gasteiger partial charge in [-0.25, -0.2) is 0 Å². The van der Waals surface area contributed by atoms with Gasteiger partial charge < -0.3 is 15.0 Å². The van der Waals surface area contributed by atoms with E-state index in [9.17, 15) is 4.79 Å². The van der Waals surface area contributed by atoms with Gasteiger partial charge in [0.2, 0.25) is 0 Å². The van der Waals surface area contributed by atoms with Crippen LogP contribution in [0.5, 0.6) is 5.75 Å². The summed E-state index contributed by atoms with van der Waals surface area (Å²) in [6.07, 6.45) is 3.80. The Morgan fingerprint density at radius 3 is 2.67 bits per heavy atom. The van der Waals surface area contributed by atoms with Gasteiger partial charge in [0.15, 0.2) is 0 Å². The van der Waals surface area contributed by atoms with Gasteiger partial charge in [0.25, 0.3) is 5.91 Å². The number of ether oxygens (including phenoxy) is 1. The predicted octanol–water partition coefficient (Wildman–Crippen LogP) is 4.33. The second kappa shape index (κ2) is 7.39. The van der Waals surface area contributed by atoms with Gasteiger partial charge in [0.1, 0.15) is 5.75 Å². The maximum absolute atomic E-state index is 12.3. The molecule has 24 heavy (non-hydrogen) atoms. The van der Waals surface area contributed by atoms with Crippen molar-refractivity contribution in [3.63, 3.8) is 0 Å². The number of nitrogens with zero attached hydrogens (tertiary/aromatic N) is 1. The minimum atomic E-state index is -0.131. The number of rotatable bonds is 4. The molecule has 1 aliphatic rings. The second-order valence-corrected chi connectivity index (χ2v) is 6.27. The number of carbonyl (C=O) groups excluding carboxylic acids is 1. The van der Waals surface area contributed by atoms with E-state index in [4.69, 9.17) is 4.74 Å². The molecule has 0 aromatic heterocycles. The molecular weight excluding hydrogens is 300 g/mol. The summed E-state index contributed by atoms with van der Waals surface area (Å²) in [5, 5.41) is 2.94. The van der Waals surface area contributed by atoms with E-state index in [1.54, 1.807) is 19.2 Å². The van der Waals surface area contributed by atoms with Gasteiger partial charge in [-0.3, -0.25) is 4.79 Å². The fraction of sp³-hybridized carbons (Fsp3) is 0.350. The molecule has 126 valence electrons. The summed E-state index contributed by atoms with van der Waals surface area (Å²) in [7, 11) is 1.59. The highest BCUT2D eigenvalue weighted by Gasteiger charge is 2.18. The van der Waals surface area contributed by atoms with Crippen molar-refractivity contribution in [1.82, 2.24) is 0 Å². The Hall–Kier alpha value is -2.49. The molecule has 0 bridgehead atoms. The molecule has 3 rings (SSSR count). The molecule has 0 unspecified atom stereocenters. The number of carbonyl (C=O) groups is 1. The van der Waals surface area contributed by atoms with E-state index in [0.29, 0.717) is 17.4 Å². The number of hydrogen-bond donors (Lipinski definition) is 1. The topological polar surface area (TPSA) is 41.6 Å². The molecule has 0 saturated carbocycles. The lowest BCUT2D eigenvalue weighted by molar-refractivity contribution is 0.102. The van der Waals surface area contributed by atoms with Crippen LogP contribution in [-0.2, 0) is 0 Å². The van der Waals surface area contributed by atoms with Crippen LogP contribution in [0.2, 0.25) is 0 Å². The van der Waals surface area contributed by atoms with E-state index in [0.717, 1.165) is 12.2 Å². The average Bonchev–Trinajstić information content (AvgIpc) is 2.63. The lowest BCUT2D eigenvalue weighted by Crippen LogP contribution is -2.37. The van der Waals surface area contributed by atoms with Gasteiger partial charge in [-0.2, -0.15) is 0 Å². The predicted molar refractivity (Wildman–Crippen MR) is 98.0 cm³/mol. The highest BCUT2D eigenvalue weighted by Crippen LogP contribution is 2.26. The smallest absolute Gasteiger partial charge is 0.255 e. The molecule has 2 aromatic rings. The van der Waals surface area contributed by atoms with Crippen LogP contribution in [0.25, 0.3) is 0 Å². The van der Waals surface area contributed by atoms with Crippen LogP contribution in [-0.4, -0.2) is 25.6 Å². The third-order valence-electron chi connectivity index (χ3n) is 4.59. The van der Waals surface area contributed by atoms with E-state index >= 15 is 0 Å². The quantitative estimate of drug-likeness (QED) is 0.910. The Morgan fingerprint density at radius 1 is 1.17 bits per heavy atom. The van der Waals surface area contributed by atoms with Crippen LogP contribution >= 0.6 is 0 Å². The first-order valence-electron chi connectivity index (χ1n) is 8.49. The summed E-state index contributed by atoms with van der Waals surface area (Å²) < 4.78 is 5.16. The van der Waals surface area contributed by atoms with Crippen LogP contribution in [0.3, 0.4) is 0 Å². The third-order valence-corrected chi connectivity index (χ3v) is 4.59. The zero-order valence-electron chi connectivity index (χ0n) is 14.3. The summed E-state index contributed by atoms with van der Waals surface area (Å²) in [5.74, 6) is 0.546. The van der Waals surface area contributed by atoms with Crippen LogP contribution in [0.4, 0.5) is 11.4 Å². The number of benzene rings is 2. The number of nitrogens with one attached hydrogen (secondary N) is 1. The molecule has 0 aliphatic carbocycles. The highest BCUT2D eigenvalue weighted by molar-refractivity contribution is 6.04. The third kappa shape index (κ3) is 3.70. The van der Waals surface area contributed by atoms with Crippen molar-refractivity contribution < 1.29 is 9.53 Å². The van der Waals surface area contributed by atoms with Crippen molar-refractivity contribution in [3.05, 3.63) is 54.1 Å². The fourth-order valence-electron chi connectivity index (χ4n) is 3.19. The summed E-state index contributed by atoms with van der Waals surface area (Å²) in [4.78, 5) is 14.8. The number of piperidine rings is 1. The Kier molecular flexibility index (Phi) is 5.04. The van der Waals surface area contributed by atoms with Crippen LogP contribution in [0.1, 0.15) is 36.5 Å². The first-order chi connectivity index (χ1) is 11.7. The van der Waals surface area contributed by atoms with E-state index in [2.05, 4.69) is 29.3 Å². The van der Waals surface area contributed by atoms with Gasteiger partial charge in [-0.1, -0.05) is 6.07 Å². The number of anilines is 2. The molecule has 2 aromatic carbocycles. The average molecular weight is 324 g/mol. The zero-order valence-corrected chi connectivity index (χ0v) is 14.3. The molecule has 4 nitrogen and oxygen atoms in total. The van der Waals surface area contributed by atoms with Gasteiger partial charge >= 0.3 is 0 Å². The fourth-order valence-corrected chi connectivity index (χ4v) is 3.19. The molecule has 0 spiro atoms. The molecule has 1 heterocycles. The first-order valence-corrected chi connectivity index (χ1v) is 8.49. The summed E-state index contributed by atoms with van der Waals surface area (Å²) in [6.45, 7) is 3.38. The first kappa shape index (κ1) is 16.4. The van der Waals surface area contributed by atoms with Crippen molar-refractivity contribution in [1.29, 1.82) is 0 Å². The van der Waals surface area contributed by atoms with E-state index in [-0.39, 0.29) is 5.91 Å². The van der Waals surface area contributed by atoms with Crippen LogP contribution in [0, 0.1) is 0 Å². The lowest BCUT2D eigenvalue weighted by Gasteiger charge is -2.35. The van der Waals surface area contributed by atoms with E-state index < -0.39 is 0 Å². The van der Waals surface area contributed by atoms with Crippen molar-refractivity contribution >= 4 is 17.3 Å². The Morgan fingerprint density at radius 2 is 1.96 bits per heavy atom. The number of methoxy groups -OCH3 is 1. The molecule has 1 aliphatic heterocycles. The Labute approximate surface area is 143 Å². The lowest BCUT2D eigenvalue weighted by atomic mass is 10.0. The van der Waals surface area contributed by atoms with E-state index in [1.165, 1.54) is 24.9 Å². The van der Waals surface area contributed by atoms with Crippen molar-refractivity contribution in [2.75, 3.05) is 23.9 Å². The SMILES string of the molecule is COc1cccc(C(=O)Nc2ccc(N3CCCC[C@H]3C)cc2)c1. The van der Waals surface area contributed by atoms with Gasteiger partial charge in [0.05, 0.1) is 7.11 Å². The number of hydrogen-bond acceptors (Lipinski definition) is 3. The Bertz CT molecular complexity index is 697. The number of amides is 1. The molecule has 1 saturated heterocycles. The minimum Gasteiger partial charge on any atom is -0.497 e. The van der Waals surface area contributed by atoms with E-state index in [1.807, 2.05) is 24.3 Å². The minimum absolute atomic E-state index is 0.131. The molecule has 1 N–H and O–H groups in total. The molecule has 4 heteroatoms. The summed E-state index contributed by atoms with van der Waals surface area (Å²) >= 11 is 0. The van der Waals surface area contributed by atoms with Crippen LogP contribution < -0.4 is 15.0 Å². The summed E-state index contributed by atoms with van der Waals surface area (Å²) in [5.41, 5.74) is 2.61. The second-order valence-electron chi connectivity index (χ2n) is 6.27. The molecule has 1 atom stereocenters. The maximum Gasteiger partial charge on any atom is 0.255 e. The van der Waals surface area contributed by atoms with Crippen molar-refractivity contribution in [2.45, 2.75) is 32.2 Å². The van der Waals surface area contributed by atoms with Crippen molar-refractivity contribution in [3.8, 4) is 5.75 Å². The maximum atomic E-state index is 12.3. The highest BCUT2D eigenvalue weighted by atomic mass is 16.5.